The minimum absolute atomic E-state index is 0.118. The molecule has 0 unspecified atom stereocenters. The third-order valence-corrected chi connectivity index (χ3v) is 15.7. The standard InChI is InChI=1S/C40H64N2O7/c1-25(2)26(3)36(5)15-16-38(7)28-11-12-31-37(6)23-47-24-40(31,29(28)13-14-39(38,8)33(36)35(45)46)21-30(48-27(4)43)34(37)49-32(44)22-41-17-20-42-18-9-10-19-42/h13,25-26,28,30-31,33-34,41H,9-12,14-24H2,1-8H3,(H,45,46)/t26-,28+,30-,31+,33-,34+,36-,37-,38-,39+,40+/m1/s1. The van der Waals surface area contributed by atoms with Crippen LogP contribution in [0.4, 0.5) is 0 Å². The molecule has 0 spiro atoms. The number of esters is 2. The molecule has 5 fully saturated rings. The number of carbonyl (C=O) groups excluding carboxylic acids is 2. The van der Waals surface area contributed by atoms with E-state index < -0.39 is 34.9 Å². The van der Waals surface area contributed by atoms with Crippen LogP contribution in [-0.4, -0.2) is 86.1 Å². The Morgan fingerprint density at radius 2 is 1.73 bits per heavy atom. The summed E-state index contributed by atoms with van der Waals surface area (Å²) in [7, 11) is 0. The summed E-state index contributed by atoms with van der Waals surface area (Å²) in [4.78, 5) is 41.7. The summed E-state index contributed by atoms with van der Waals surface area (Å²) in [6.07, 6.45) is 8.74. The minimum atomic E-state index is -0.663. The number of rotatable bonds is 10. The van der Waals surface area contributed by atoms with Gasteiger partial charge < -0.3 is 29.5 Å². The second-order valence-corrected chi connectivity index (χ2v) is 18.3. The van der Waals surface area contributed by atoms with Gasteiger partial charge in [-0.2, -0.15) is 0 Å². The summed E-state index contributed by atoms with van der Waals surface area (Å²) in [5.41, 5.74) is -0.420. The SMILES string of the molecule is CC(=O)O[C@@H]1C[C@@]23COC[C@](C)([C@@H]2CC[C@H]2C3=CC[C@@]3(C)[C@H](C(=O)O)[C@@](C)([C@H](C)C(C)C)CC[C@]23C)[C@H]1OC(=O)CNCCN1CCCC1. The highest BCUT2D eigenvalue weighted by molar-refractivity contribution is 5.73. The number of hydrogen-bond donors (Lipinski definition) is 2. The molecule has 0 aromatic heterocycles. The van der Waals surface area contributed by atoms with E-state index in [2.05, 4.69) is 64.8 Å². The highest BCUT2D eigenvalue weighted by atomic mass is 16.6. The van der Waals surface area contributed by atoms with E-state index >= 15 is 0 Å². The molecule has 3 saturated carbocycles. The Morgan fingerprint density at radius 3 is 2.39 bits per heavy atom. The normalized spacial score (nSPS) is 43.9. The van der Waals surface area contributed by atoms with E-state index in [1.165, 1.54) is 25.3 Å². The first-order chi connectivity index (χ1) is 23.0. The van der Waals surface area contributed by atoms with E-state index in [1.807, 2.05) is 0 Å². The van der Waals surface area contributed by atoms with Crippen LogP contribution in [0.1, 0.15) is 107 Å². The molecule has 6 rings (SSSR count). The maximum absolute atomic E-state index is 13.4. The largest absolute Gasteiger partial charge is 0.481 e. The number of nitrogens with one attached hydrogen (secondary N) is 1. The molecule has 9 heteroatoms. The third-order valence-electron chi connectivity index (χ3n) is 15.7. The molecule has 2 N–H and O–H groups in total. The highest BCUT2D eigenvalue weighted by Gasteiger charge is 2.72. The molecule has 0 radical (unpaired) electrons. The second-order valence-electron chi connectivity index (χ2n) is 18.3. The lowest BCUT2D eigenvalue weighted by molar-refractivity contribution is -0.262. The second kappa shape index (κ2) is 13.2. The molecule has 0 amide bonds. The maximum atomic E-state index is 13.4. The summed E-state index contributed by atoms with van der Waals surface area (Å²) in [6, 6.07) is 0. The zero-order valence-corrected chi connectivity index (χ0v) is 31.6. The summed E-state index contributed by atoms with van der Waals surface area (Å²) in [6.45, 7) is 22.2. The smallest absolute Gasteiger partial charge is 0.320 e. The lowest BCUT2D eigenvalue weighted by atomic mass is 9.34. The van der Waals surface area contributed by atoms with Crippen molar-refractivity contribution in [2.24, 2.45) is 56.7 Å². The predicted molar refractivity (Wildman–Crippen MR) is 188 cm³/mol. The van der Waals surface area contributed by atoms with Gasteiger partial charge in [0.25, 0.3) is 0 Å². The summed E-state index contributed by atoms with van der Waals surface area (Å²) < 4.78 is 18.9. The molecule has 276 valence electrons. The molecule has 2 saturated heterocycles. The Balaban J connectivity index is 1.30. The van der Waals surface area contributed by atoms with Crippen LogP contribution in [0.25, 0.3) is 0 Å². The zero-order chi connectivity index (χ0) is 35.6. The molecule has 0 aromatic rings. The van der Waals surface area contributed by atoms with E-state index in [1.54, 1.807) is 0 Å². The van der Waals surface area contributed by atoms with E-state index in [0.717, 1.165) is 51.9 Å². The van der Waals surface area contributed by atoms with Crippen molar-refractivity contribution in [2.75, 3.05) is 45.9 Å². The molecule has 0 aromatic carbocycles. The Hall–Kier alpha value is -1.97. The number of carboxylic acids is 1. The molecular formula is C40H64N2O7. The van der Waals surface area contributed by atoms with Crippen LogP contribution in [0.15, 0.2) is 11.6 Å². The quantitative estimate of drug-likeness (QED) is 0.160. The fourth-order valence-electron chi connectivity index (χ4n) is 12.7. The van der Waals surface area contributed by atoms with Gasteiger partial charge in [0, 0.05) is 30.8 Å². The number of nitrogens with zero attached hydrogens (tertiary/aromatic N) is 1. The number of likely N-dealkylation sites (tertiary alicyclic amines) is 1. The van der Waals surface area contributed by atoms with Gasteiger partial charge in [-0.05, 0) is 104 Å². The number of hydrogen-bond acceptors (Lipinski definition) is 8. The van der Waals surface area contributed by atoms with Crippen molar-refractivity contribution in [1.82, 2.24) is 10.2 Å². The van der Waals surface area contributed by atoms with Crippen molar-refractivity contribution in [3.8, 4) is 0 Å². The molecule has 9 nitrogen and oxygen atoms in total. The fraction of sp³-hybridized carbons (Fsp3) is 0.875. The summed E-state index contributed by atoms with van der Waals surface area (Å²) in [5, 5.41) is 14.3. The van der Waals surface area contributed by atoms with Gasteiger partial charge >= 0.3 is 17.9 Å². The molecular weight excluding hydrogens is 620 g/mol. The van der Waals surface area contributed by atoms with E-state index in [-0.39, 0.29) is 52.5 Å². The third kappa shape index (κ3) is 5.80. The van der Waals surface area contributed by atoms with Crippen LogP contribution in [-0.2, 0) is 28.6 Å². The van der Waals surface area contributed by atoms with E-state index in [0.29, 0.717) is 32.0 Å². The van der Waals surface area contributed by atoms with Crippen LogP contribution in [0.5, 0.6) is 0 Å². The Labute approximate surface area is 294 Å². The van der Waals surface area contributed by atoms with Gasteiger partial charge in [0.05, 0.1) is 25.7 Å². The molecule has 2 aliphatic heterocycles. The van der Waals surface area contributed by atoms with Gasteiger partial charge in [-0.1, -0.05) is 60.1 Å². The average molecular weight is 685 g/mol. The molecule has 2 heterocycles. The minimum Gasteiger partial charge on any atom is -0.481 e. The van der Waals surface area contributed by atoms with Crippen molar-refractivity contribution < 1.29 is 33.7 Å². The average Bonchev–Trinajstić information content (AvgIpc) is 3.54. The Kier molecular flexibility index (Phi) is 9.93. The van der Waals surface area contributed by atoms with E-state index in [4.69, 9.17) is 14.2 Å². The lowest BCUT2D eigenvalue weighted by Gasteiger charge is -2.71. The Morgan fingerprint density at radius 1 is 1.02 bits per heavy atom. The van der Waals surface area contributed by atoms with Crippen molar-refractivity contribution in [3.63, 3.8) is 0 Å². The van der Waals surface area contributed by atoms with Gasteiger partial charge in [-0.25, -0.2) is 0 Å². The summed E-state index contributed by atoms with van der Waals surface area (Å²) in [5.74, 6) is -0.718. The number of ether oxygens (including phenoxy) is 3. The topological polar surface area (TPSA) is 114 Å². The van der Waals surface area contributed by atoms with Crippen molar-refractivity contribution in [1.29, 1.82) is 0 Å². The van der Waals surface area contributed by atoms with Crippen molar-refractivity contribution in [3.05, 3.63) is 11.6 Å². The lowest BCUT2D eigenvalue weighted by Crippen LogP contribution is -2.70. The number of carbonyl (C=O) groups is 3. The monoisotopic (exact) mass is 684 g/mol. The van der Waals surface area contributed by atoms with Crippen LogP contribution >= 0.6 is 0 Å². The van der Waals surface area contributed by atoms with Gasteiger partial charge in [0.1, 0.15) is 12.2 Å². The first-order valence-electron chi connectivity index (χ1n) is 19.3. The molecule has 4 aliphatic carbocycles. The maximum Gasteiger partial charge on any atom is 0.320 e. The first-order valence-corrected chi connectivity index (χ1v) is 19.3. The predicted octanol–water partition coefficient (Wildman–Crippen LogP) is 6.10. The first kappa shape index (κ1) is 36.8. The molecule has 2 bridgehead atoms. The highest BCUT2D eigenvalue weighted by Crippen LogP contribution is 2.75. The van der Waals surface area contributed by atoms with E-state index in [9.17, 15) is 19.5 Å². The number of aliphatic carboxylic acids is 1. The van der Waals surface area contributed by atoms with Gasteiger partial charge in [-0.15, -0.1) is 0 Å². The van der Waals surface area contributed by atoms with Crippen LogP contribution in [0.2, 0.25) is 0 Å². The van der Waals surface area contributed by atoms with Crippen LogP contribution in [0.3, 0.4) is 0 Å². The fourth-order valence-corrected chi connectivity index (χ4v) is 12.7. The van der Waals surface area contributed by atoms with Gasteiger partial charge in [-0.3, -0.25) is 14.4 Å². The zero-order valence-electron chi connectivity index (χ0n) is 31.6. The van der Waals surface area contributed by atoms with Crippen LogP contribution in [0, 0.1) is 56.7 Å². The molecule has 11 atom stereocenters. The Bertz CT molecular complexity index is 1330. The van der Waals surface area contributed by atoms with Crippen LogP contribution < -0.4 is 5.32 Å². The summed E-state index contributed by atoms with van der Waals surface area (Å²) >= 11 is 0. The molecule has 6 aliphatic rings. The number of carboxylic acid groups (broad SMARTS) is 1. The van der Waals surface area contributed by atoms with Crippen molar-refractivity contribution >= 4 is 17.9 Å². The number of allylic oxidation sites excluding steroid dienone is 1. The van der Waals surface area contributed by atoms with Crippen molar-refractivity contribution in [2.45, 2.75) is 119 Å². The van der Waals surface area contributed by atoms with Gasteiger partial charge in [0.2, 0.25) is 0 Å². The number of fused-ring (bicyclic) bond motifs is 3. The molecule has 49 heavy (non-hydrogen) atoms. The van der Waals surface area contributed by atoms with Gasteiger partial charge in [0.15, 0.2) is 0 Å².